The molecule has 25 heavy (non-hydrogen) atoms. The van der Waals surface area contributed by atoms with E-state index in [1.165, 1.54) is 0 Å². The number of benzene rings is 2. The lowest BCUT2D eigenvalue weighted by molar-refractivity contribution is 0.0527. The van der Waals surface area contributed by atoms with Gasteiger partial charge in [-0.2, -0.15) is 0 Å². The summed E-state index contributed by atoms with van der Waals surface area (Å²) in [6.07, 6.45) is 1.54. The molecule has 1 N–H and O–H groups in total. The van der Waals surface area contributed by atoms with Crippen molar-refractivity contribution < 1.29 is 14.3 Å². The monoisotopic (exact) mass is 448 g/mol. The van der Waals surface area contributed by atoms with Crippen molar-refractivity contribution in [1.82, 2.24) is 4.98 Å². The number of nitrogens with one attached hydrogen (secondary N) is 1. The Labute approximate surface area is 159 Å². The minimum absolute atomic E-state index is 0.304. The highest BCUT2D eigenvalue weighted by Crippen LogP contribution is 2.32. The third-order valence-electron chi connectivity index (χ3n) is 3.68. The Morgan fingerprint density at radius 3 is 2.64 bits per heavy atom. The zero-order valence-corrected chi connectivity index (χ0v) is 16.0. The summed E-state index contributed by atoms with van der Waals surface area (Å²) in [6.45, 7) is 2.08. The van der Waals surface area contributed by atoms with Crippen LogP contribution in [0.25, 0.3) is 10.9 Å². The van der Waals surface area contributed by atoms with Crippen LogP contribution in [0, 0.1) is 3.57 Å². The Kier molecular flexibility index (Phi) is 5.37. The van der Waals surface area contributed by atoms with Crippen molar-refractivity contribution in [1.29, 1.82) is 0 Å². The van der Waals surface area contributed by atoms with Gasteiger partial charge in [0.05, 0.1) is 24.9 Å². The van der Waals surface area contributed by atoms with Gasteiger partial charge < -0.3 is 14.8 Å². The fraction of sp³-hybridized carbons (Fsp3) is 0.158. The van der Waals surface area contributed by atoms with Crippen molar-refractivity contribution in [3.8, 4) is 5.75 Å². The molecule has 1 aromatic heterocycles. The first-order valence-electron chi connectivity index (χ1n) is 7.79. The number of halogens is 1. The second kappa shape index (κ2) is 7.69. The van der Waals surface area contributed by atoms with Crippen molar-refractivity contribution in [2.45, 2.75) is 6.92 Å². The van der Waals surface area contributed by atoms with Gasteiger partial charge in [0.1, 0.15) is 11.3 Å². The van der Waals surface area contributed by atoms with E-state index >= 15 is 0 Å². The van der Waals surface area contributed by atoms with E-state index in [1.807, 2.05) is 42.5 Å². The van der Waals surface area contributed by atoms with Gasteiger partial charge in [-0.3, -0.25) is 4.98 Å². The van der Waals surface area contributed by atoms with Gasteiger partial charge in [-0.25, -0.2) is 4.79 Å². The van der Waals surface area contributed by atoms with Crippen LogP contribution in [0.3, 0.4) is 0 Å². The number of aromatic nitrogens is 1. The molecule has 6 heteroatoms. The highest BCUT2D eigenvalue weighted by Gasteiger charge is 2.17. The van der Waals surface area contributed by atoms with Crippen LogP contribution in [-0.2, 0) is 4.74 Å². The molecule has 1 heterocycles. The number of anilines is 2. The van der Waals surface area contributed by atoms with E-state index in [2.05, 4.69) is 32.9 Å². The molecule has 0 aliphatic rings. The Balaban J connectivity index is 2.16. The number of carbonyl (C=O) groups excluding carboxylic acids is 1. The number of ether oxygens (including phenoxy) is 2. The molecular formula is C19H17IN2O3. The van der Waals surface area contributed by atoms with Gasteiger partial charge in [-0.05, 0) is 72.0 Å². The maximum absolute atomic E-state index is 12.4. The maximum Gasteiger partial charge on any atom is 0.341 e. The second-order valence-electron chi connectivity index (χ2n) is 5.28. The average Bonchev–Trinajstić information content (AvgIpc) is 2.63. The third-order valence-corrected chi connectivity index (χ3v) is 4.40. The highest BCUT2D eigenvalue weighted by atomic mass is 127. The molecule has 0 radical (unpaired) electrons. The van der Waals surface area contributed by atoms with Crippen LogP contribution in [0.1, 0.15) is 17.3 Å². The fourth-order valence-electron chi connectivity index (χ4n) is 2.47. The van der Waals surface area contributed by atoms with Gasteiger partial charge in [0.15, 0.2) is 0 Å². The van der Waals surface area contributed by atoms with E-state index in [4.69, 9.17) is 9.47 Å². The number of hydrogen-bond donors (Lipinski definition) is 1. The topological polar surface area (TPSA) is 60.5 Å². The van der Waals surface area contributed by atoms with Crippen LogP contribution in [0.4, 0.5) is 11.4 Å². The van der Waals surface area contributed by atoms with Gasteiger partial charge >= 0.3 is 5.97 Å². The molecular weight excluding hydrogens is 431 g/mol. The molecule has 3 rings (SSSR count). The lowest BCUT2D eigenvalue weighted by Gasteiger charge is -2.15. The lowest BCUT2D eigenvalue weighted by atomic mass is 10.1. The van der Waals surface area contributed by atoms with Crippen LogP contribution in [0.2, 0.25) is 0 Å². The molecule has 3 aromatic rings. The van der Waals surface area contributed by atoms with E-state index in [0.717, 1.165) is 20.2 Å². The maximum atomic E-state index is 12.4. The fourth-order valence-corrected chi connectivity index (χ4v) is 2.83. The molecule has 0 aliphatic carbocycles. The number of esters is 1. The van der Waals surface area contributed by atoms with Gasteiger partial charge in [0.2, 0.25) is 0 Å². The van der Waals surface area contributed by atoms with Crippen LogP contribution >= 0.6 is 22.6 Å². The van der Waals surface area contributed by atoms with Crippen LogP contribution in [0.5, 0.6) is 5.75 Å². The Bertz CT molecular complexity index is 910. The van der Waals surface area contributed by atoms with Crippen LogP contribution in [-0.4, -0.2) is 24.7 Å². The zero-order valence-electron chi connectivity index (χ0n) is 13.9. The van der Waals surface area contributed by atoms with Gasteiger partial charge in [-0.1, -0.05) is 0 Å². The molecule has 0 saturated carbocycles. The zero-order chi connectivity index (χ0) is 17.8. The van der Waals surface area contributed by atoms with Gasteiger partial charge in [-0.15, -0.1) is 0 Å². The summed E-state index contributed by atoms with van der Waals surface area (Å²) in [4.78, 5) is 16.8. The average molecular weight is 448 g/mol. The smallest absolute Gasteiger partial charge is 0.341 e. The van der Waals surface area contributed by atoms with Crippen molar-refractivity contribution >= 4 is 50.8 Å². The number of rotatable bonds is 5. The van der Waals surface area contributed by atoms with Crippen LogP contribution in [0.15, 0.2) is 48.7 Å². The number of carbonyl (C=O) groups is 1. The normalized spacial score (nSPS) is 10.5. The first-order valence-corrected chi connectivity index (χ1v) is 8.86. The predicted molar refractivity (Wildman–Crippen MR) is 107 cm³/mol. The molecule has 0 bridgehead atoms. The molecule has 0 amide bonds. The van der Waals surface area contributed by atoms with Crippen molar-refractivity contribution in [2.75, 3.05) is 19.0 Å². The summed E-state index contributed by atoms with van der Waals surface area (Å²) in [5.74, 6) is 0.286. The minimum Gasteiger partial charge on any atom is -0.497 e. The SMILES string of the molecule is CCOC(=O)c1cnc2ccc(OC)cc2c1Nc1ccc(I)cc1. The molecule has 2 aromatic carbocycles. The first-order chi connectivity index (χ1) is 12.1. The molecule has 5 nitrogen and oxygen atoms in total. The van der Waals surface area contributed by atoms with E-state index in [1.54, 1.807) is 20.2 Å². The standard InChI is InChI=1S/C19H17IN2O3/c1-3-25-19(23)16-11-21-17-9-8-14(24-2)10-15(17)18(16)22-13-6-4-12(20)5-7-13/h4-11H,3H2,1-2H3,(H,21,22). The Morgan fingerprint density at radius 1 is 1.20 bits per heavy atom. The quantitative estimate of drug-likeness (QED) is 0.450. The molecule has 0 fully saturated rings. The Morgan fingerprint density at radius 2 is 1.96 bits per heavy atom. The van der Waals surface area contributed by atoms with Crippen molar-refractivity contribution in [2.24, 2.45) is 0 Å². The molecule has 0 aliphatic heterocycles. The number of pyridine rings is 1. The summed E-state index contributed by atoms with van der Waals surface area (Å²) in [6, 6.07) is 13.5. The number of nitrogens with zero attached hydrogens (tertiary/aromatic N) is 1. The molecule has 0 unspecified atom stereocenters. The van der Waals surface area contributed by atoms with Gasteiger partial charge in [0, 0.05) is 20.8 Å². The van der Waals surface area contributed by atoms with E-state index in [-0.39, 0.29) is 0 Å². The van der Waals surface area contributed by atoms with E-state index < -0.39 is 5.97 Å². The highest BCUT2D eigenvalue weighted by molar-refractivity contribution is 14.1. The number of fused-ring (bicyclic) bond motifs is 1. The summed E-state index contributed by atoms with van der Waals surface area (Å²) in [5.41, 5.74) is 2.69. The largest absolute Gasteiger partial charge is 0.497 e. The summed E-state index contributed by atoms with van der Waals surface area (Å²) in [5, 5.41) is 4.13. The molecule has 128 valence electrons. The number of methoxy groups -OCH3 is 1. The summed E-state index contributed by atoms with van der Waals surface area (Å²) < 4.78 is 11.6. The first kappa shape index (κ1) is 17.5. The predicted octanol–water partition coefficient (Wildman–Crippen LogP) is 4.77. The molecule has 0 saturated heterocycles. The van der Waals surface area contributed by atoms with Crippen molar-refractivity contribution in [3.63, 3.8) is 0 Å². The second-order valence-corrected chi connectivity index (χ2v) is 6.53. The Hall–Kier alpha value is -2.35. The van der Waals surface area contributed by atoms with E-state index in [9.17, 15) is 4.79 Å². The van der Waals surface area contributed by atoms with Crippen LogP contribution < -0.4 is 10.1 Å². The number of hydrogen-bond acceptors (Lipinski definition) is 5. The molecule has 0 spiro atoms. The third kappa shape index (κ3) is 3.84. The minimum atomic E-state index is -0.410. The van der Waals surface area contributed by atoms with Crippen molar-refractivity contribution in [3.05, 3.63) is 57.8 Å². The lowest BCUT2D eigenvalue weighted by Crippen LogP contribution is -2.09. The van der Waals surface area contributed by atoms with E-state index in [0.29, 0.717) is 23.6 Å². The summed E-state index contributed by atoms with van der Waals surface area (Å²) >= 11 is 2.25. The van der Waals surface area contributed by atoms with Gasteiger partial charge in [0.25, 0.3) is 0 Å². The molecule has 0 atom stereocenters. The summed E-state index contributed by atoms with van der Waals surface area (Å²) in [7, 11) is 1.61.